The second kappa shape index (κ2) is 5.71. The summed E-state index contributed by atoms with van der Waals surface area (Å²) in [4.78, 5) is 16.0. The molecule has 16 heavy (non-hydrogen) atoms. The number of hydrogen-bond donors (Lipinski definition) is 2. The highest BCUT2D eigenvalue weighted by Gasteiger charge is 2.11. The summed E-state index contributed by atoms with van der Waals surface area (Å²) in [6.07, 6.45) is 7.23. The van der Waals surface area contributed by atoms with Crippen LogP contribution in [0.2, 0.25) is 0 Å². The van der Waals surface area contributed by atoms with E-state index in [1.807, 2.05) is 0 Å². The quantitative estimate of drug-likeness (QED) is 0.578. The first-order valence-electron chi connectivity index (χ1n) is 4.89. The van der Waals surface area contributed by atoms with Crippen molar-refractivity contribution >= 4 is 5.97 Å². The van der Waals surface area contributed by atoms with E-state index >= 15 is 0 Å². The molecule has 0 aromatic carbocycles. The van der Waals surface area contributed by atoms with Crippen molar-refractivity contribution in [1.29, 1.82) is 0 Å². The first-order valence-corrected chi connectivity index (χ1v) is 4.89. The molecule has 0 amide bonds. The lowest BCUT2D eigenvalue weighted by molar-refractivity contribution is -0.145. The van der Waals surface area contributed by atoms with E-state index in [9.17, 15) is 15.0 Å². The van der Waals surface area contributed by atoms with E-state index in [-0.39, 0.29) is 18.2 Å². The maximum atomic E-state index is 11.3. The minimum absolute atomic E-state index is 0.193. The van der Waals surface area contributed by atoms with Crippen LogP contribution in [-0.4, -0.2) is 20.9 Å². The van der Waals surface area contributed by atoms with Gasteiger partial charge < -0.3 is 15.1 Å². The minimum atomic E-state index is -0.529. The molecule has 0 saturated carbocycles. The summed E-state index contributed by atoms with van der Waals surface area (Å²) >= 11 is 0. The monoisotopic (exact) mass is 223 g/mol. The Balaban J connectivity index is 2.38. The van der Waals surface area contributed by atoms with Crippen molar-refractivity contribution in [1.82, 2.24) is 4.73 Å². The normalized spacial score (nSPS) is 9.69. The predicted octanol–water partition coefficient (Wildman–Crippen LogP) is 1.05. The predicted molar refractivity (Wildman–Crippen MR) is 56.6 cm³/mol. The van der Waals surface area contributed by atoms with Crippen molar-refractivity contribution in [3.63, 3.8) is 0 Å². The third-order valence-electron chi connectivity index (χ3n) is 1.94. The van der Waals surface area contributed by atoms with Crippen molar-refractivity contribution < 1.29 is 19.8 Å². The van der Waals surface area contributed by atoms with Crippen LogP contribution in [0.1, 0.15) is 25.7 Å². The van der Waals surface area contributed by atoms with Gasteiger partial charge in [0, 0.05) is 25.0 Å². The van der Waals surface area contributed by atoms with Gasteiger partial charge in [-0.3, -0.25) is 0 Å². The van der Waals surface area contributed by atoms with Gasteiger partial charge in [-0.1, -0.05) is 0 Å². The van der Waals surface area contributed by atoms with Crippen molar-refractivity contribution in [3.05, 3.63) is 12.1 Å². The molecule has 0 atom stereocenters. The molecule has 1 heterocycles. The number of unbranched alkanes of at least 4 members (excludes halogenated alkanes) is 2. The zero-order valence-corrected chi connectivity index (χ0v) is 8.72. The molecular formula is C11H13NO4. The lowest BCUT2D eigenvalue weighted by Crippen LogP contribution is -2.18. The minimum Gasteiger partial charge on any atom is -0.492 e. The molecule has 0 saturated heterocycles. The van der Waals surface area contributed by atoms with E-state index in [4.69, 9.17) is 11.3 Å². The fourth-order valence-electron chi connectivity index (χ4n) is 1.14. The Bertz CT molecular complexity index is 383. The number of aromatic hydroxyl groups is 2. The average molecular weight is 223 g/mol. The molecule has 2 N–H and O–H groups in total. The van der Waals surface area contributed by atoms with Crippen molar-refractivity contribution in [2.45, 2.75) is 25.7 Å². The highest BCUT2D eigenvalue weighted by atomic mass is 16.7. The molecule has 0 aliphatic rings. The van der Waals surface area contributed by atoms with E-state index in [1.54, 1.807) is 0 Å². The standard InChI is InChI=1S/C11H13NO4/c1-2-3-4-5-6-11(15)16-12-9(13)7-8-10(12)14/h1,7-8,13-14H,3-6H2. The Morgan fingerprint density at radius 3 is 2.56 bits per heavy atom. The summed E-state index contributed by atoms with van der Waals surface area (Å²) in [5, 5.41) is 18.4. The van der Waals surface area contributed by atoms with E-state index in [1.165, 1.54) is 12.1 Å². The summed E-state index contributed by atoms with van der Waals surface area (Å²) in [7, 11) is 0. The van der Waals surface area contributed by atoms with E-state index in [0.29, 0.717) is 17.6 Å². The van der Waals surface area contributed by atoms with Crippen LogP contribution in [0.25, 0.3) is 0 Å². The van der Waals surface area contributed by atoms with Crippen LogP contribution in [-0.2, 0) is 4.79 Å². The third kappa shape index (κ3) is 3.24. The third-order valence-corrected chi connectivity index (χ3v) is 1.94. The fraction of sp³-hybridized carbons (Fsp3) is 0.364. The molecule has 0 aliphatic heterocycles. The van der Waals surface area contributed by atoms with Gasteiger partial charge >= 0.3 is 5.97 Å². The maximum absolute atomic E-state index is 11.3. The first-order chi connectivity index (χ1) is 7.65. The van der Waals surface area contributed by atoms with Gasteiger partial charge in [0.2, 0.25) is 11.8 Å². The molecule has 1 aromatic heterocycles. The number of rotatable bonds is 5. The van der Waals surface area contributed by atoms with Gasteiger partial charge in [0.05, 0.1) is 0 Å². The Hall–Kier alpha value is -2.09. The number of hydrogen-bond acceptors (Lipinski definition) is 4. The van der Waals surface area contributed by atoms with E-state index in [2.05, 4.69) is 5.92 Å². The van der Waals surface area contributed by atoms with Crippen LogP contribution in [0.3, 0.4) is 0 Å². The Labute approximate surface area is 93.2 Å². The molecule has 0 radical (unpaired) electrons. The first kappa shape index (κ1) is 12.0. The molecular weight excluding hydrogens is 210 g/mol. The van der Waals surface area contributed by atoms with E-state index < -0.39 is 5.97 Å². The van der Waals surface area contributed by atoms with Crippen molar-refractivity contribution in [2.75, 3.05) is 0 Å². The second-order valence-electron chi connectivity index (χ2n) is 3.22. The van der Waals surface area contributed by atoms with Crippen LogP contribution >= 0.6 is 0 Å². The van der Waals surface area contributed by atoms with Crippen LogP contribution in [0, 0.1) is 12.3 Å². The molecule has 0 spiro atoms. The number of terminal acetylenes is 1. The largest absolute Gasteiger partial charge is 0.492 e. The molecule has 0 unspecified atom stereocenters. The van der Waals surface area contributed by atoms with Gasteiger partial charge in [0.25, 0.3) is 0 Å². The van der Waals surface area contributed by atoms with Gasteiger partial charge in [-0.05, 0) is 12.8 Å². The topological polar surface area (TPSA) is 71.7 Å². The molecule has 5 nitrogen and oxygen atoms in total. The Morgan fingerprint density at radius 2 is 2.00 bits per heavy atom. The molecule has 5 heteroatoms. The van der Waals surface area contributed by atoms with Gasteiger partial charge in [-0.25, -0.2) is 4.79 Å². The van der Waals surface area contributed by atoms with Gasteiger partial charge in [0.1, 0.15) is 0 Å². The summed E-state index contributed by atoms with van der Waals surface area (Å²) in [6, 6.07) is 2.45. The van der Waals surface area contributed by atoms with Crippen LogP contribution < -0.4 is 4.84 Å². The van der Waals surface area contributed by atoms with Crippen LogP contribution in [0.15, 0.2) is 12.1 Å². The zero-order valence-electron chi connectivity index (χ0n) is 8.72. The smallest absolute Gasteiger partial charge is 0.333 e. The van der Waals surface area contributed by atoms with Crippen LogP contribution in [0.4, 0.5) is 0 Å². The molecule has 0 aliphatic carbocycles. The Morgan fingerprint density at radius 1 is 1.38 bits per heavy atom. The molecule has 1 aromatic rings. The number of carbonyl (C=O) groups excluding carboxylic acids is 1. The Kier molecular flexibility index (Phi) is 4.28. The lowest BCUT2D eigenvalue weighted by Gasteiger charge is -2.06. The summed E-state index contributed by atoms with van der Waals surface area (Å²) in [6.45, 7) is 0. The summed E-state index contributed by atoms with van der Waals surface area (Å²) in [5.74, 6) is 1.29. The number of aromatic nitrogens is 1. The fourth-order valence-corrected chi connectivity index (χ4v) is 1.14. The molecule has 86 valence electrons. The number of carbonyl (C=O) groups is 1. The number of nitrogens with zero attached hydrogens (tertiary/aromatic N) is 1. The van der Waals surface area contributed by atoms with E-state index in [0.717, 1.165) is 6.42 Å². The van der Waals surface area contributed by atoms with Crippen molar-refractivity contribution in [3.8, 4) is 24.1 Å². The van der Waals surface area contributed by atoms with Gasteiger partial charge in [-0.2, -0.15) is 0 Å². The summed E-state index contributed by atoms with van der Waals surface area (Å²) < 4.78 is 0.670. The average Bonchev–Trinajstić information content (AvgIpc) is 2.56. The second-order valence-corrected chi connectivity index (χ2v) is 3.22. The molecule has 1 rings (SSSR count). The highest BCUT2D eigenvalue weighted by Crippen LogP contribution is 2.18. The maximum Gasteiger partial charge on any atom is 0.333 e. The summed E-state index contributed by atoms with van der Waals surface area (Å²) in [5.41, 5.74) is 0. The lowest BCUT2D eigenvalue weighted by atomic mass is 10.2. The molecule has 0 fully saturated rings. The molecule has 0 bridgehead atoms. The van der Waals surface area contributed by atoms with Crippen LogP contribution in [0.5, 0.6) is 11.8 Å². The van der Waals surface area contributed by atoms with Gasteiger partial charge in [0.15, 0.2) is 0 Å². The zero-order chi connectivity index (χ0) is 12.0. The SMILES string of the molecule is C#CCCCCC(=O)On1c(O)ccc1O. The highest BCUT2D eigenvalue weighted by molar-refractivity contribution is 5.69. The van der Waals surface area contributed by atoms with Gasteiger partial charge in [-0.15, -0.1) is 17.1 Å². The van der Waals surface area contributed by atoms with Crippen molar-refractivity contribution in [2.24, 2.45) is 0 Å².